The van der Waals surface area contributed by atoms with Gasteiger partial charge in [0.15, 0.2) is 0 Å². The zero-order chi connectivity index (χ0) is 10.8. The molecule has 0 saturated carbocycles. The fourth-order valence-electron chi connectivity index (χ4n) is 0.720. The molecule has 0 amide bonds. The standard InChI is InChI=1S/2C5H10O2/c1-2-6-3-5-4-7-5;1-3-4-5(6)7-2/h5H,2-4H2,1H3;3-4H2,1-2H3. The van der Waals surface area contributed by atoms with Crippen LogP contribution < -0.4 is 0 Å². The summed E-state index contributed by atoms with van der Waals surface area (Å²) in [6.45, 7) is 6.43. The smallest absolute Gasteiger partial charge is 0.305 e. The lowest BCUT2D eigenvalue weighted by Crippen LogP contribution is -1.99. The second kappa shape index (κ2) is 8.97. The van der Waals surface area contributed by atoms with Gasteiger partial charge in [-0.2, -0.15) is 0 Å². The molecule has 1 unspecified atom stereocenters. The van der Waals surface area contributed by atoms with Crippen molar-refractivity contribution in [3.05, 3.63) is 0 Å². The van der Waals surface area contributed by atoms with Crippen LogP contribution in [0, 0.1) is 0 Å². The molecule has 1 heterocycles. The highest BCUT2D eigenvalue weighted by molar-refractivity contribution is 5.68. The first-order valence-corrected chi connectivity index (χ1v) is 5.00. The molecule has 14 heavy (non-hydrogen) atoms. The Kier molecular flexibility index (Phi) is 8.57. The highest BCUT2D eigenvalue weighted by atomic mass is 16.6. The first-order valence-electron chi connectivity index (χ1n) is 5.00. The topological polar surface area (TPSA) is 48.1 Å². The molecule has 84 valence electrons. The van der Waals surface area contributed by atoms with Crippen LogP contribution in [0.25, 0.3) is 0 Å². The maximum absolute atomic E-state index is 10.2. The van der Waals surface area contributed by atoms with E-state index in [0.29, 0.717) is 12.5 Å². The summed E-state index contributed by atoms with van der Waals surface area (Å²) in [4.78, 5) is 10.2. The molecule has 0 N–H and O–H groups in total. The zero-order valence-electron chi connectivity index (χ0n) is 9.25. The largest absolute Gasteiger partial charge is 0.469 e. The van der Waals surface area contributed by atoms with Gasteiger partial charge in [0.05, 0.1) is 20.3 Å². The third-order valence-electron chi connectivity index (χ3n) is 1.59. The molecule has 1 saturated heterocycles. The predicted octanol–water partition coefficient (Wildman–Crippen LogP) is 1.38. The summed E-state index contributed by atoms with van der Waals surface area (Å²) < 4.78 is 14.3. The van der Waals surface area contributed by atoms with Gasteiger partial charge in [0.1, 0.15) is 6.10 Å². The van der Waals surface area contributed by atoms with Gasteiger partial charge in [-0.1, -0.05) is 6.92 Å². The van der Waals surface area contributed by atoms with Gasteiger partial charge in [-0.25, -0.2) is 0 Å². The van der Waals surface area contributed by atoms with Crippen LogP contribution in [-0.2, 0) is 19.0 Å². The second-order valence-electron chi connectivity index (χ2n) is 2.94. The third-order valence-corrected chi connectivity index (χ3v) is 1.59. The summed E-state index contributed by atoms with van der Waals surface area (Å²) in [5.41, 5.74) is 0. The average molecular weight is 204 g/mol. The number of esters is 1. The van der Waals surface area contributed by atoms with Crippen LogP contribution in [0.2, 0.25) is 0 Å². The molecule has 1 aliphatic heterocycles. The summed E-state index contributed by atoms with van der Waals surface area (Å²) in [6, 6.07) is 0. The van der Waals surface area contributed by atoms with Gasteiger partial charge in [0, 0.05) is 13.0 Å². The Morgan fingerprint density at radius 1 is 1.50 bits per heavy atom. The molecule has 0 bridgehead atoms. The molecule has 0 aliphatic carbocycles. The molecule has 1 rings (SSSR count). The van der Waals surface area contributed by atoms with Crippen molar-refractivity contribution in [3.8, 4) is 0 Å². The number of hydrogen-bond donors (Lipinski definition) is 0. The van der Waals surface area contributed by atoms with E-state index >= 15 is 0 Å². The fraction of sp³-hybridized carbons (Fsp3) is 0.900. The van der Waals surface area contributed by atoms with Crippen molar-refractivity contribution in [2.75, 3.05) is 26.9 Å². The Morgan fingerprint density at radius 2 is 2.14 bits per heavy atom. The number of hydrogen-bond acceptors (Lipinski definition) is 4. The number of epoxide rings is 1. The molecule has 0 radical (unpaired) electrons. The van der Waals surface area contributed by atoms with Gasteiger partial charge in [-0.05, 0) is 13.3 Å². The van der Waals surface area contributed by atoms with Crippen molar-refractivity contribution in [3.63, 3.8) is 0 Å². The minimum atomic E-state index is -0.123. The lowest BCUT2D eigenvalue weighted by molar-refractivity contribution is -0.140. The minimum absolute atomic E-state index is 0.123. The van der Waals surface area contributed by atoms with E-state index in [4.69, 9.17) is 9.47 Å². The maximum atomic E-state index is 10.2. The minimum Gasteiger partial charge on any atom is -0.469 e. The quantitative estimate of drug-likeness (QED) is 0.501. The molecular formula is C10H20O4. The van der Waals surface area contributed by atoms with Crippen molar-refractivity contribution in [2.24, 2.45) is 0 Å². The van der Waals surface area contributed by atoms with Gasteiger partial charge in [0.25, 0.3) is 0 Å². The number of rotatable bonds is 5. The Bertz CT molecular complexity index is 143. The Hall–Kier alpha value is -0.610. The molecule has 0 aromatic heterocycles. The van der Waals surface area contributed by atoms with Gasteiger partial charge >= 0.3 is 5.97 Å². The van der Waals surface area contributed by atoms with E-state index in [9.17, 15) is 4.79 Å². The van der Waals surface area contributed by atoms with E-state index in [1.807, 2.05) is 13.8 Å². The van der Waals surface area contributed by atoms with Crippen molar-refractivity contribution >= 4 is 5.97 Å². The molecule has 0 aromatic carbocycles. The van der Waals surface area contributed by atoms with Gasteiger partial charge in [0.2, 0.25) is 0 Å². The predicted molar refractivity (Wildman–Crippen MR) is 53.2 cm³/mol. The van der Waals surface area contributed by atoms with E-state index in [1.165, 1.54) is 7.11 Å². The van der Waals surface area contributed by atoms with Crippen LogP contribution in [0.5, 0.6) is 0 Å². The van der Waals surface area contributed by atoms with E-state index in [1.54, 1.807) is 0 Å². The van der Waals surface area contributed by atoms with E-state index in [-0.39, 0.29) is 5.97 Å². The van der Waals surface area contributed by atoms with Crippen molar-refractivity contribution < 1.29 is 19.0 Å². The van der Waals surface area contributed by atoms with Crippen molar-refractivity contribution in [2.45, 2.75) is 32.8 Å². The average Bonchev–Trinajstić information content (AvgIpc) is 2.99. The molecular weight excluding hydrogens is 184 g/mol. The number of carbonyl (C=O) groups is 1. The highest BCUT2D eigenvalue weighted by Crippen LogP contribution is 2.07. The summed E-state index contributed by atoms with van der Waals surface area (Å²) in [7, 11) is 1.40. The monoisotopic (exact) mass is 204 g/mol. The summed E-state index contributed by atoms with van der Waals surface area (Å²) in [5, 5.41) is 0. The van der Waals surface area contributed by atoms with Crippen LogP contribution in [0.15, 0.2) is 0 Å². The molecule has 1 aliphatic rings. The van der Waals surface area contributed by atoms with E-state index < -0.39 is 0 Å². The first kappa shape index (κ1) is 13.4. The van der Waals surface area contributed by atoms with Crippen LogP contribution in [-0.4, -0.2) is 39.0 Å². The summed E-state index contributed by atoms with van der Waals surface area (Å²) >= 11 is 0. The van der Waals surface area contributed by atoms with Crippen LogP contribution in [0.4, 0.5) is 0 Å². The first-order chi connectivity index (χ1) is 6.74. The molecule has 4 nitrogen and oxygen atoms in total. The van der Waals surface area contributed by atoms with E-state index in [0.717, 1.165) is 26.2 Å². The molecule has 0 spiro atoms. The van der Waals surface area contributed by atoms with Crippen molar-refractivity contribution in [1.82, 2.24) is 0 Å². The Labute approximate surface area is 85.5 Å². The molecule has 4 heteroatoms. The van der Waals surface area contributed by atoms with Crippen LogP contribution >= 0.6 is 0 Å². The number of methoxy groups -OCH3 is 1. The second-order valence-corrected chi connectivity index (χ2v) is 2.94. The Morgan fingerprint density at radius 3 is 2.43 bits per heavy atom. The van der Waals surface area contributed by atoms with Gasteiger partial charge < -0.3 is 14.2 Å². The number of ether oxygens (including phenoxy) is 3. The fourth-order valence-corrected chi connectivity index (χ4v) is 0.720. The van der Waals surface area contributed by atoms with E-state index in [2.05, 4.69) is 4.74 Å². The summed E-state index contributed by atoms with van der Waals surface area (Å²) in [5.74, 6) is -0.123. The number of carbonyl (C=O) groups excluding carboxylic acids is 1. The molecule has 1 atom stereocenters. The van der Waals surface area contributed by atoms with Crippen molar-refractivity contribution in [1.29, 1.82) is 0 Å². The SMILES string of the molecule is CCCC(=O)OC.CCOCC1CO1. The van der Waals surface area contributed by atoms with Crippen LogP contribution in [0.3, 0.4) is 0 Å². The lowest BCUT2D eigenvalue weighted by Gasteiger charge is -1.91. The third kappa shape index (κ3) is 9.48. The zero-order valence-corrected chi connectivity index (χ0v) is 9.25. The Balaban J connectivity index is 0.000000241. The maximum Gasteiger partial charge on any atom is 0.305 e. The van der Waals surface area contributed by atoms with Gasteiger partial charge in [-0.15, -0.1) is 0 Å². The van der Waals surface area contributed by atoms with Gasteiger partial charge in [-0.3, -0.25) is 4.79 Å². The summed E-state index contributed by atoms with van der Waals surface area (Å²) in [6.07, 6.45) is 1.84. The molecule has 1 fully saturated rings. The highest BCUT2D eigenvalue weighted by Gasteiger charge is 2.21. The lowest BCUT2D eigenvalue weighted by atomic mass is 10.3. The van der Waals surface area contributed by atoms with Crippen LogP contribution in [0.1, 0.15) is 26.7 Å². The molecule has 0 aromatic rings. The normalized spacial score (nSPS) is 18.1.